The van der Waals surface area contributed by atoms with Crippen molar-refractivity contribution >= 4 is 11.4 Å². The molecule has 1 aromatic rings. The highest BCUT2D eigenvalue weighted by Gasteiger charge is 2.14. The van der Waals surface area contributed by atoms with Crippen LogP contribution >= 0.6 is 0 Å². The molecule has 2 rings (SSSR count). The first-order valence-electron chi connectivity index (χ1n) is 6.54. The molecule has 1 N–H and O–H groups in total. The Bertz CT molecular complexity index is 421. The van der Waals surface area contributed by atoms with E-state index in [4.69, 9.17) is 0 Å². The molecule has 104 valence electrons. The third kappa shape index (κ3) is 4.18. The maximum absolute atomic E-state index is 10.5. The Labute approximate surface area is 113 Å². The van der Waals surface area contributed by atoms with E-state index in [9.17, 15) is 10.1 Å². The van der Waals surface area contributed by atoms with E-state index < -0.39 is 0 Å². The first-order valence-corrected chi connectivity index (χ1v) is 6.54. The van der Waals surface area contributed by atoms with E-state index in [1.165, 1.54) is 12.1 Å². The standard InChI is InChI=1S/C13H20N4O2/c1-15-9-10-16(11-15)8-2-7-14-12-3-5-13(6-4-12)17(18)19/h3-6,14H,2,7-11H2,1H3. The van der Waals surface area contributed by atoms with Gasteiger partial charge in [0.25, 0.3) is 5.69 Å². The summed E-state index contributed by atoms with van der Waals surface area (Å²) >= 11 is 0. The van der Waals surface area contributed by atoms with Crippen LogP contribution in [-0.4, -0.2) is 54.6 Å². The topological polar surface area (TPSA) is 61.6 Å². The highest BCUT2D eigenvalue weighted by molar-refractivity contribution is 5.48. The fraction of sp³-hybridized carbons (Fsp3) is 0.538. The van der Waals surface area contributed by atoms with Gasteiger partial charge in [0.15, 0.2) is 0 Å². The Balaban J connectivity index is 1.66. The summed E-state index contributed by atoms with van der Waals surface area (Å²) in [6.07, 6.45) is 1.07. The van der Waals surface area contributed by atoms with Gasteiger partial charge in [0.05, 0.1) is 11.6 Å². The van der Waals surface area contributed by atoms with Crippen LogP contribution in [0.25, 0.3) is 0 Å². The molecule has 6 nitrogen and oxygen atoms in total. The lowest BCUT2D eigenvalue weighted by Gasteiger charge is -2.15. The van der Waals surface area contributed by atoms with Crippen LogP contribution in [0.2, 0.25) is 0 Å². The molecule has 19 heavy (non-hydrogen) atoms. The van der Waals surface area contributed by atoms with Crippen LogP contribution in [0.1, 0.15) is 6.42 Å². The zero-order valence-electron chi connectivity index (χ0n) is 11.2. The molecule has 1 aliphatic rings. The fourth-order valence-electron chi connectivity index (χ4n) is 2.21. The molecular weight excluding hydrogens is 244 g/mol. The van der Waals surface area contributed by atoms with E-state index in [0.29, 0.717) is 0 Å². The van der Waals surface area contributed by atoms with Gasteiger partial charge in [0.1, 0.15) is 0 Å². The minimum absolute atomic E-state index is 0.130. The number of nitro groups is 1. The van der Waals surface area contributed by atoms with Gasteiger partial charge in [0, 0.05) is 44.0 Å². The maximum atomic E-state index is 10.5. The van der Waals surface area contributed by atoms with Crippen LogP contribution in [-0.2, 0) is 0 Å². The molecule has 0 aliphatic carbocycles. The molecule has 1 saturated heterocycles. The summed E-state index contributed by atoms with van der Waals surface area (Å²) in [6.45, 7) is 5.32. The lowest BCUT2D eigenvalue weighted by atomic mass is 10.3. The molecule has 0 amide bonds. The van der Waals surface area contributed by atoms with E-state index in [1.54, 1.807) is 12.1 Å². The second kappa shape index (κ2) is 6.49. The third-order valence-corrected chi connectivity index (χ3v) is 3.30. The Kier molecular flexibility index (Phi) is 4.70. The quantitative estimate of drug-likeness (QED) is 0.480. The van der Waals surface area contributed by atoms with Crippen LogP contribution in [0.3, 0.4) is 0 Å². The van der Waals surface area contributed by atoms with Gasteiger partial charge < -0.3 is 5.32 Å². The Hall–Kier alpha value is -1.66. The number of anilines is 1. The van der Waals surface area contributed by atoms with E-state index in [2.05, 4.69) is 22.2 Å². The monoisotopic (exact) mass is 264 g/mol. The van der Waals surface area contributed by atoms with Crippen LogP contribution in [0, 0.1) is 10.1 Å². The summed E-state index contributed by atoms with van der Waals surface area (Å²) in [5.74, 6) is 0. The molecule has 1 aliphatic heterocycles. The van der Waals surface area contributed by atoms with E-state index in [-0.39, 0.29) is 10.6 Å². The number of nitrogens with zero attached hydrogens (tertiary/aromatic N) is 3. The van der Waals surface area contributed by atoms with E-state index >= 15 is 0 Å². The van der Waals surface area contributed by atoms with Gasteiger partial charge in [-0.05, 0) is 25.6 Å². The average molecular weight is 264 g/mol. The second-order valence-corrected chi connectivity index (χ2v) is 4.92. The normalized spacial score (nSPS) is 16.7. The molecule has 0 saturated carbocycles. The first-order chi connectivity index (χ1) is 9.15. The van der Waals surface area contributed by atoms with Gasteiger partial charge in [-0.1, -0.05) is 0 Å². The van der Waals surface area contributed by atoms with Gasteiger partial charge in [0.2, 0.25) is 0 Å². The molecule has 0 bridgehead atoms. The number of benzene rings is 1. The van der Waals surface area contributed by atoms with E-state index in [0.717, 1.165) is 45.0 Å². The Morgan fingerprint density at radius 2 is 2.05 bits per heavy atom. The van der Waals surface area contributed by atoms with Crippen molar-refractivity contribution < 1.29 is 4.92 Å². The highest BCUT2D eigenvalue weighted by Crippen LogP contribution is 2.15. The number of rotatable bonds is 6. The first kappa shape index (κ1) is 13.8. The van der Waals surface area contributed by atoms with Crippen molar-refractivity contribution in [2.24, 2.45) is 0 Å². The predicted molar refractivity (Wildman–Crippen MR) is 75.3 cm³/mol. The summed E-state index contributed by atoms with van der Waals surface area (Å²) < 4.78 is 0. The van der Waals surface area contributed by atoms with Gasteiger partial charge in [-0.2, -0.15) is 0 Å². The van der Waals surface area contributed by atoms with Gasteiger partial charge >= 0.3 is 0 Å². The lowest BCUT2D eigenvalue weighted by molar-refractivity contribution is -0.384. The minimum Gasteiger partial charge on any atom is -0.385 e. The van der Waals surface area contributed by atoms with Crippen LogP contribution in [0.5, 0.6) is 0 Å². The molecule has 1 heterocycles. The third-order valence-electron chi connectivity index (χ3n) is 3.30. The summed E-state index contributed by atoms with van der Waals surface area (Å²) in [6, 6.07) is 6.55. The zero-order chi connectivity index (χ0) is 13.7. The van der Waals surface area contributed by atoms with Crippen LogP contribution < -0.4 is 5.32 Å². The SMILES string of the molecule is CN1CCN(CCCNc2ccc([N+](=O)[O-])cc2)C1. The summed E-state index contributed by atoms with van der Waals surface area (Å²) in [5.41, 5.74) is 1.06. The van der Waals surface area contributed by atoms with Gasteiger partial charge in [-0.25, -0.2) is 0 Å². The van der Waals surface area contributed by atoms with Crippen molar-refractivity contribution in [1.82, 2.24) is 9.80 Å². The molecule has 0 aromatic heterocycles. The second-order valence-electron chi connectivity index (χ2n) is 4.92. The summed E-state index contributed by atoms with van der Waals surface area (Å²) in [4.78, 5) is 14.9. The number of hydrogen-bond acceptors (Lipinski definition) is 5. The van der Waals surface area contributed by atoms with Crippen molar-refractivity contribution in [2.45, 2.75) is 6.42 Å². The molecule has 1 aromatic carbocycles. The van der Waals surface area contributed by atoms with Crippen LogP contribution in [0.15, 0.2) is 24.3 Å². The summed E-state index contributed by atoms with van der Waals surface area (Å²) in [7, 11) is 2.13. The lowest BCUT2D eigenvalue weighted by Crippen LogP contribution is -2.25. The summed E-state index contributed by atoms with van der Waals surface area (Å²) in [5, 5.41) is 13.8. The fourth-order valence-corrected chi connectivity index (χ4v) is 2.21. The molecule has 0 spiro atoms. The molecular formula is C13H20N4O2. The van der Waals surface area contributed by atoms with Crippen molar-refractivity contribution in [3.63, 3.8) is 0 Å². The van der Waals surface area contributed by atoms with Crippen molar-refractivity contribution in [1.29, 1.82) is 0 Å². The molecule has 0 radical (unpaired) electrons. The average Bonchev–Trinajstić information content (AvgIpc) is 2.81. The number of nitro benzene ring substituents is 1. The molecule has 6 heteroatoms. The van der Waals surface area contributed by atoms with Crippen molar-refractivity contribution in [3.05, 3.63) is 34.4 Å². The van der Waals surface area contributed by atoms with E-state index in [1.807, 2.05) is 0 Å². The number of nitrogens with one attached hydrogen (secondary N) is 1. The van der Waals surface area contributed by atoms with Crippen LogP contribution in [0.4, 0.5) is 11.4 Å². The largest absolute Gasteiger partial charge is 0.385 e. The maximum Gasteiger partial charge on any atom is 0.269 e. The molecule has 1 fully saturated rings. The predicted octanol–water partition coefficient (Wildman–Crippen LogP) is 1.60. The zero-order valence-corrected chi connectivity index (χ0v) is 11.2. The number of non-ortho nitro benzene ring substituents is 1. The highest BCUT2D eigenvalue weighted by atomic mass is 16.6. The van der Waals surface area contributed by atoms with Gasteiger partial charge in [-0.15, -0.1) is 0 Å². The number of likely N-dealkylation sites (N-methyl/N-ethyl adjacent to an activating group) is 1. The molecule has 0 atom stereocenters. The number of hydrogen-bond donors (Lipinski definition) is 1. The Morgan fingerprint density at radius 1 is 1.32 bits per heavy atom. The molecule has 0 unspecified atom stereocenters. The van der Waals surface area contributed by atoms with Gasteiger partial charge in [-0.3, -0.25) is 19.9 Å². The Morgan fingerprint density at radius 3 is 2.63 bits per heavy atom. The van der Waals surface area contributed by atoms with Crippen molar-refractivity contribution in [2.75, 3.05) is 45.2 Å². The minimum atomic E-state index is -0.381. The smallest absolute Gasteiger partial charge is 0.269 e. The van der Waals surface area contributed by atoms with Crippen molar-refractivity contribution in [3.8, 4) is 0 Å².